The Hall–Kier alpha value is -0.730. The predicted molar refractivity (Wildman–Crippen MR) is 35.2 cm³/mol. The van der Waals surface area contributed by atoms with Gasteiger partial charge in [0.25, 0.3) is 0 Å². The van der Waals surface area contributed by atoms with Gasteiger partial charge >= 0.3 is 6.09 Å². The van der Waals surface area contributed by atoms with Crippen LogP contribution in [0, 0.1) is 5.92 Å². The van der Waals surface area contributed by atoms with Gasteiger partial charge in [-0.05, 0) is 5.92 Å². The molecule has 1 aliphatic rings. The molecule has 1 N–H and O–H groups in total. The van der Waals surface area contributed by atoms with Crippen LogP contribution in [0.25, 0.3) is 0 Å². The molecule has 1 unspecified atom stereocenters. The number of alkyl carbamates (subject to hydrolysis) is 1. The number of nitrogens with one attached hydrogen (secondary N) is 1. The Balaban J connectivity index is 0.000000810. The molecule has 0 saturated carbocycles. The van der Waals surface area contributed by atoms with Crippen LogP contribution in [0.2, 0.25) is 0 Å². The molecule has 0 bridgehead atoms. The van der Waals surface area contributed by atoms with Gasteiger partial charge in [0, 0.05) is 1.43 Å². The van der Waals surface area contributed by atoms with E-state index < -0.39 is 0 Å². The molecule has 1 saturated heterocycles. The molecule has 0 radical (unpaired) electrons. The molecule has 1 amide bonds. The SMILES string of the molecule is CC(C)C1COC(=O)N1.[HH]. The van der Waals surface area contributed by atoms with Crippen LogP contribution in [0.3, 0.4) is 0 Å². The maximum absolute atomic E-state index is 10.4. The van der Waals surface area contributed by atoms with Gasteiger partial charge in [0.05, 0.1) is 6.04 Å². The Morgan fingerprint density at radius 2 is 2.56 bits per heavy atom. The molecule has 0 spiro atoms. The fraction of sp³-hybridized carbons (Fsp3) is 0.833. The van der Waals surface area contributed by atoms with E-state index in [1.165, 1.54) is 0 Å². The van der Waals surface area contributed by atoms with Crippen LogP contribution in [0.15, 0.2) is 0 Å². The summed E-state index contributed by atoms with van der Waals surface area (Å²) in [6.45, 7) is 4.63. The second-order valence-corrected chi connectivity index (χ2v) is 2.59. The highest BCUT2D eigenvalue weighted by molar-refractivity contribution is 5.69. The first-order chi connectivity index (χ1) is 4.20. The summed E-state index contributed by atoms with van der Waals surface area (Å²) in [5.74, 6) is 0.469. The lowest BCUT2D eigenvalue weighted by Gasteiger charge is -2.09. The third-order valence-electron chi connectivity index (χ3n) is 1.50. The van der Waals surface area contributed by atoms with Crippen LogP contribution in [0.1, 0.15) is 15.3 Å². The normalized spacial score (nSPS) is 26.1. The van der Waals surface area contributed by atoms with Gasteiger partial charge in [-0.3, -0.25) is 0 Å². The first-order valence-electron chi connectivity index (χ1n) is 3.13. The van der Waals surface area contributed by atoms with E-state index in [2.05, 4.69) is 23.9 Å². The number of cyclic esters (lactones) is 1. The van der Waals surface area contributed by atoms with Crippen LogP contribution < -0.4 is 5.32 Å². The summed E-state index contributed by atoms with van der Waals surface area (Å²) in [7, 11) is 0. The molecule has 3 heteroatoms. The highest BCUT2D eigenvalue weighted by Gasteiger charge is 2.24. The molecule has 1 rings (SSSR count). The Morgan fingerprint density at radius 1 is 1.89 bits per heavy atom. The number of hydrogen-bond acceptors (Lipinski definition) is 2. The second kappa shape index (κ2) is 2.25. The van der Waals surface area contributed by atoms with E-state index in [1.807, 2.05) is 0 Å². The molecule has 54 valence electrons. The minimum absolute atomic E-state index is 0. The van der Waals surface area contributed by atoms with Gasteiger partial charge in [-0.15, -0.1) is 0 Å². The van der Waals surface area contributed by atoms with Crippen molar-refractivity contribution < 1.29 is 11.0 Å². The molecule has 0 aromatic carbocycles. The number of amides is 1. The lowest BCUT2D eigenvalue weighted by molar-refractivity contribution is 0.175. The van der Waals surface area contributed by atoms with Crippen molar-refractivity contribution in [1.29, 1.82) is 0 Å². The molecule has 1 heterocycles. The van der Waals surface area contributed by atoms with E-state index in [-0.39, 0.29) is 13.6 Å². The molecule has 9 heavy (non-hydrogen) atoms. The Morgan fingerprint density at radius 3 is 2.78 bits per heavy atom. The topological polar surface area (TPSA) is 38.3 Å². The average Bonchev–Trinajstić information content (AvgIpc) is 2.14. The fourth-order valence-corrected chi connectivity index (χ4v) is 0.759. The highest BCUT2D eigenvalue weighted by atomic mass is 16.6. The maximum Gasteiger partial charge on any atom is 0.407 e. The minimum atomic E-state index is -0.284. The largest absolute Gasteiger partial charge is 0.447 e. The van der Waals surface area contributed by atoms with Gasteiger partial charge in [0.2, 0.25) is 0 Å². The summed E-state index contributed by atoms with van der Waals surface area (Å²) in [5.41, 5.74) is 0. The van der Waals surface area contributed by atoms with Crippen molar-refractivity contribution in [2.45, 2.75) is 19.9 Å². The van der Waals surface area contributed by atoms with E-state index in [4.69, 9.17) is 0 Å². The van der Waals surface area contributed by atoms with E-state index >= 15 is 0 Å². The summed E-state index contributed by atoms with van der Waals surface area (Å²) in [6.07, 6.45) is -0.284. The molecule has 0 aromatic heterocycles. The molecule has 0 aliphatic carbocycles. The number of ether oxygens (including phenoxy) is 1. The van der Waals surface area contributed by atoms with Crippen LogP contribution in [-0.4, -0.2) is 18.7 Å². The van der Waals surface area contributed by atoms with E-state index in [1.54, 1.807) is 0 Å². The Bertz CT molecular complexity index is 127. The zero-order valence-corrected chi connectivity index (χ0v) is 5.68. The molecule has 1 atom stereocenters. The highest BCUT2D eigenvalue weighted by Crippen LogP contribution is 2.07. The van der Waals surface area contributed by atoms with Gasteiger partial charge in [-0.2, -0.15) is 0 Å². The molecule has 3 nitrogen and oxygen atoms in total. The van der Waals surface area contributed by atoms with Crippen molar-refractivity contribution in [3.8, 4) is 0 Å². The van der Waals surface area contributed by atoms with Crippen molar-refractivity contribution in [3.63, 3.8) is 0 Å². The number of carbonyl (C=O) groups is 1. The summed E-state index contributed by atoms with van der Waals surface area (Å²) in [5, 5.41) is 2.69. The van der Waals surface area contributed by atoms with Gasteiger partial charge in [-0.25, -0.2) is 4.79 Å². The van der Waals surface area contributed by atoms with Crippen molar-refractivity contribution >= 4 is 6.09 Å². The third-order valence-corrected chi connectivity index (χ3v) is 1.50. The van der Waals surface area contributed by atoms with Crippen LogP contribution in [0.5, 0.6) is 0 Å². The molecular formula is C6H13NO2. The molecule has 0 aromatic rings. The van der Waals surface area contributed by atoms with Gasteiger partial charge < -0.3 is 10.1 Å². The first kappa shape index (κ1) is 6.39. The predicted octanol–water partition coefficient (Wildman–Crippen LogP) is 0.997. The zero-order valence-electron chi connectivity index (χ0n) is 5.68. The first-order valence-corrected chi connectivity index (χ1v) is 3.13. The van der Waals surface area contributed by atoms with Crippen molar-refractivity contribution in [2.75, 3.05) is 6.61 Å². The van der Waals surface area contributed by atoms with E-state index in [9.17, 15) is 4.79 Å². The van der Waals surface area contributed by atoms with E-state index in [0.29, 0.717) is 12.5 Å². The number of carbonyl (C=O) groups excluding carboxylic acids is 1. The van der Waals surface area contributed by atoms with Crippen molar-refractivity contribution in [1.82, 2.24) is 5.32 Å². The smallest absolute Gasteiger partial charge is 0.407 e. The van der Waals surface area contributed by atoms with Crippen molar-refractivity contribution in [2.24, 2.45) is 5.92 Å². The lowest BCUT2D eigenvalue weighted by Crippen LogP contribution is -2.30. The summed E-state index contributed by atoms with van der Waals surface area (Å²) < 4.78 is 4.68. The monoisotopic (exact) mass is 131 g/mol. The second-order valence-electron chi connectivity index (χ2n) is 2.59. The quantitative estimate of drug-likeness (QED) is 0.576. The summed E-state index contributed by atoms with van der Waals surface area (Å²) in [6, 6.07) is 0.220. The van der Waals surface area contributed by atoms with Crippen molar-refractivity contribution in [3.05, 3.63) is 0 Å². The average molecular weight is 131 g/mol. The number of rotatable bonds is 1. The van der Waals surface area contributed by atoms with Gasteiger partial charge in [0.15, 0.2) is 0 Å². The van der Waals surface area contributed by atoms with Crippen LogP contribution >= 0.6 is 0 Å². The standard InChI is InChI=1S/C6H11NO2.H2/c1-4(2)5-3-9-6(8)7-5;/h4-5H,3H2,1-2H3,(H,7,8);1H. The summed E-state index contributed by atoms with van der Waals surface area (Å²) in [4.78, 5) is 10.4. The minimum Gasteiger partial charge on any atom is -0.447 e. The molecular weight excluding hydrogens is 118 g/mol. The summed E-state index contributed by atoms with van der Waals surface area (Å²) >= 11 is 0. The van der Waals surface area contributed by atoms with E-state index in [0.717, 1.165) is 0 Å². The van der Waals surface area contributed by atoms with Crippen LogP contribution in [0.4, 0.5) is 4.79 Å². The number of hydrogen-bond donors (Lipinski definition) is 1. The maximum atomic E-state index is 10.4. The third kappa shape index (κ3) is 1.34. The Kier molecular flexibility index (Phi) is 1.60. The van der Waals surface area contributed by atoms with Gasteiger partial charge in [0.1, 0.15) is 6.61 Å². The molecule has 1 fully saturated rings. The molecule has 1 aliphatic heterocycles. The lowest BCUT2D eigenvalue weighted by atomic mass is 10.1. The Labute approximate surface area is 55.9 Å². The van der Waals surface area contributed by atoms with Gasteiger partial charge in [-0.1, -0.05) is 13.8 Å². The zero-order chi connectivity index (χ0) is 6.85. The fourth-order valence-electron chi connectivity index (χ4n) is 0.759. The van der Waals surface area contributed by atoms with Crippen LogP contribution in [-0.2, 0) is 4.74 Å².